The quantitative estimate of drug-likeness (QED) is 0.0773. The summed E-state index contributed by atoms with van der Waals surface area (Å²) in [4.78, 5) is 0. The van der Waals surface area contributed by atoms with E-state index in [0.717, 1.165) is 12.0 Å². The summed E-state index contributed by atoms with van der Waals surface area (Å²) in [6.45, 7) is 14.7. The first-order chi connectivity index (χ1) is 31.3. The number of allylic oxidation sites excluding steroid dienone is 2. The van der Waals surface area contributed by atoms with Crippen LogP contribution in [0.15, 0.2) is 11.6 Å². The molecule has 4 aliphatic carbocycles. The van der Waals surface area contributed by atoms with Gasteiger partial charge in [-0.1, -0.05) is 46.3 Å². The Labute approximate surface area is 393 Å². The van der Waals surface area contributed by atoms with Crippen LogP contribution in [-0.2, 0) is 28.4 Å². The molecule has 0 bridgehead atoms. The van der Waals surface area contributed by atoms with Gasteiger partial charge in [-0.05, 0) is 106 Å². The molecule has 3 aliphatic heterocycles. The third-order valence-corrected chi connectivity index (χ3v) is 18.9. The van der Waals surface area contributed by atoms with Gasteiger partial charge in [0.2, 0.25) is 0 Å². The van der Waals surface area contributed by atoms with E-state index in [9.17, 15) is 66.4 Å². The minimum Gasteiger partial charge on any atom is -0.394 e. The lowest BCUT2D eigenvalue weighted by Gasteiger charge is -2.71. The van der Waals surface area contributed by atoms with Crippen LogP contribution in [0.3, 0.4) is 0 Å². The van der Waals surface area contributed by atoms with Crippen LogP contribution in [0.5, 0.6) is 0 Å². The predicted molar refractivity (Wildman–Crippen MR) is 235 cm³/mol. The molecule has 0 radical (unpaired) electrons. The summed E-state index contributed by atoms with van der Waals surface area (Å²) >= 11 is 0. The lowest BCUT2D eigenvalue weighted by atomic mass is 9.34. The molecule has 0 spiro atoms. The maximum absolute atomic E-state index is 12.8. The molecule has 7 aliphatic rings. The van der Waals surface area contributed by atoms with Crippen LogP contribution in [-0.4, -0.2) is 202 Å². The number of aliphatic hydroxyl groups is 13. The van der Waals surface area contributed by atoms with Gasteiger partial charge in [0.1, 0.15) is 73.2 Å². The third kappa shape index (κ3) is 8.92. The number of aliphatic hydroxyl groups excluding tert-OH is 13. The van der Waals surface area contributed by atoms with E-state index in [4.69, 9.17) is 28.4 Å². The van der Waals surface area contributed by atoms with Gasteiger partial charge in [-0.2, -0.15) is 0 Å². The summed E-state index contributed by atoms with van der Waals surface area (Å²) < 4.78 is 37.1. The number of hydrogen-bond acceptors (Lipinski definition) is 19. The molecule has 4 saturated carbocycles. The first kappa shape index (κ1) is 53.8. The molecule has 7 fully saturated rings. The minimum atomic E-state index is -1.84. The summed E-state index contributed by atoms with van der Waals surface area (Å²) in [6.07, 6.45) is -19.4. The van der Waals surface area contributed by atoms with Crippen LogP contribution >= 0.6 is 0 Å². The predicted octanol–water partition coefficient (Wildman–Crippen LogP) is -1.06. The van der Waals surface area contributed by atoms with Gasteiger partial charge in [0.15, 0.2) is 18.9 Å². The van der Waals surface area contributed by atoms with Crippen LogP contribution in [0.4, 0.5) is 0 Å². The lowest BCUT2D eigenvalue weighted by molar-refractivity contribution is -0.382. The fourth-order valence-corrected chi connectivity index (χ4v) is 14.8. The summed E-state index contributed by atoms with van der Waals surface area (Å²) in [7, 11) is 0. The van der Waals surface area contributed by atoms with E-state index in [1.54, 1.807) is 0 Å². The Hall–Kier alpha value is -1.02. The molecule has 26 atom stereocenters. The van der Waals surface area contributed by atoms with E-state index >= 15 is 0 Å². The van der Waals surface area contributed by atoms with Crippen molar-refractivity contribution in [1.82, 2.24) is 0 Å². The number of ether oxygens (including phenoxy) is 6. The van der Waals surface area contributed by atoms with Crippen molar-refractivity contribution in [2.45, 2.75) is 223 Å². The second-order valence-corrected chi connectivity index (χ2v) is 23.0. The van der Waals surface area contributed by atoms with E-state index in [-0.39, 0.29) is 30.1 Å². The Kier molecular flexibility index (Phi) is 15.9. The van der Waals surface area contributed by atoms with Crippen molar-refractivity contribution in [3.8, 4) is 0 Å². The Balaban J connectivity index is 1.18. The lowest BCUT2D eigenvalue weighted by Crippen LogP contribution is -2.70. The Bertz CT molecular complexity index is 1710. The molecule has 19 heteroatoms. The molecule has 7 rings (SSSR count). The molecule has 3 heterocycles. The molecular formula is C48H82O19. The van der Waals surface area contributed by atoms with Crippen molar-refractivity contribution in [2.24, 2.45) is 45.3 Å². The van der Waals surface area contributed by atoms with E-state index in [1.807, 2.05) is 20.8 Å². The van der Waals surface area contributed by atoms with E-state index < -0.39 is 158 Å². The summed E-state index contributed by atoms with van der Waals surface area (Å²) in [5, 5.41) is 142. The number of hydrogen-bond donors (Lipinski definition) is 13. The van der Waals surface area contributed by atoms with Crippen LogP contribution in [0.1, 0.15) is 107 Å². The monoisotopic (exact) mass is 963 g/mol. The topological polar surface area (TPSA) is 318 Å². The molecule has 67 heavy (non-hydrogen) atoms. The minimum absolute atomic E-state index is 0.121. The van der Waals surface area contributed by atoms with Crippen molar-refractivity contribution in [3.63, 3.8) is 0 Å². The molecule has 19 nitrogen and oxygen atoms in total. The van der Waals surface area contributed by atoms with Gasteiger partial charge in [0, 0.05) is 11.8 Å². The average molecular weight is 963 g/mol. The maximum atomic E-state index is 12.8. The summed E-state index contributed by atoms with van der Waals surface area (Å²) in [5.41, 5.74) is -2.26. The second kappa shape index (κ2) is 19.8. The highest BCUT2D eigenvalue weighted by Gasteiger charge is 2.73. The Morgan fingerprint density at radius 1 is 0.612 bits per heavy atom. The zero-order chi connectivity index (χ0) is 49.5. The first-order valence-corrected chi connectivity index (χ1v) is 24.5. The van der Waals surface area contributed by atoms with Gasteiger partial charge in [-0.25, -0.2) is 0 Å². The highest BCUT2D eigenvalue weighted by molar-refractivity contribution is 5.22. The zero-order valence-electron chi connectivity index (χ0n) is 40.3. The van der Waals surface area contributed by atoms with Crippen molar-refractivity contribution in [2.75, 3.05) is 19.8 Å². The fourth-order valence-electron chi connectivity index (χ4n) is 14.8. The third-order valence-electron chi connectivity index (χ3n) is 18.9. The van der Waals surface area contributed by atoms with Crippen LogP contribution in [0.25, 0.3) is 0 Å². The normalized spacial score (nSPS) is 52.9. The largest absolute Gasteiger partial charge is 0.394 e. The molecule has 0 aromatic carbocycles. The summed E-state index contributed by atoms with van der Waals surface area (Å²) in [5.74, 6) is -0.934. The van der Waals surface area contributed by atoms with Gasteiger partial charge in [0.05, 0.1) is 43.7 Å². The van der Waals surface area contributed by atoms with Gasteiger partial charge >= 0.3 is 0 Å². The fraction of sp³-hybridized carbons (Fsp3) is 0.958. The highest BCUT2D eigenvalue weighted by Crippen LogP contribution is 2.76. The standard InChI is InChI=1S/C48H82O19/c1-21(2)10-9-13-47(7,67-43-40(37(59)34(56)26(20-51)64-43)66-42-39(61)36(58)33(55)25(19-50)63-42)22-11-14-46(6)31(22)23(52)16-28-45(46,5)15-12-27-44(3,4)30(17-29(53)48(27,28)8)65-41-38(60)35(57)32(54)24(18-49)62-41/h10,22-43,49-61H,9,11-20H2,1-8H3. The maximum Gasteiger partial charge on any atom is 0.187 e. The Morgan fingerprint density at radius 3 is 1.66 bits per heavy atom. The van der Waals surface area contributed by atoms with Crippen LogP contribution < -0.4 is 0 Å². The number of fused-ring (bicyclic) bond motifs is 5. The smallest absolute Gasteiger partial charge is 0.187 e. The zero-order valence-corrected chi connectivity index (χ0v) is 40.3. The SMILES string of the molecule is CC(C)=CCCC(C)(OC1OC(CO)C(O)C(O)C1OC1OC(CO)C(O)C(O)C1O)C1CCC2(C)C1C(O)CC1C3(C)C(O)CC(OC4OC(CO)C(O)C(O)C4O)C(C)(C)C3CCC12C. The summed E-state index contributed by atoms with van der Waals surface area (Å²) in [6, 6.07) is 0. The second-order valence-electron chi connectivity index (χ2n) is 23.0. The van der Waals surface area contributed by atoms with Gasteiger partial charge in [-0.15, -0.1) is 0 Å². The molecule has 13 N–H and O–H groups in total. The Morgan fingerprint density at radius 2 is 1.12 bits per heavy atom. The van der Waals surface area contributed by atoms with Crippen molar-refractivity contribution in [3.05, 3.63) is 11.6 Å². The van der Waals surface area contributed by atoms with E-state index in [2.05, 4.69) is 40.7 Å². The van der Waals surface area contributed by atoms with Gasteiger partial charge in [-0.3, -0.25) is 0 Å². The molecule has 0 amide bonds. The number of rotatable bonds is 13. The van der Waals surface area contributed by atoms with E-state index in [1.165, 1.54) is 0 Å². The van der Waals surface area contributed by atoms with Crippen LogP contribution in [0, 0.1) is 45.3 Å². The molecule has 3 saturated heterocycles. The molecule has 0 aromatic heterocycles. The van der Waals surface area contributed by atoms with Crippen molar-refractivity contribution in [1.29, 1.82) is 0 Å². The molecular weight excluding hydrogens is 881 g/mol. The first-order valence-electron chi connectivity index (χ1n) is 24.5. The van der Waals surface area contributed by atoms with Crippen LogP contribution in [0.2, 0.25) is 0 Å². The molecule has 388 valence electrons. The molecule has 0 aromatic rings. The highest BCUT2D eigenvalue weighted by atomic mass is 16.8. The average Bonchev–Trinajstić information content (AvgIpc) is 3.66. The molecule has 26 unspecified atom stereocenters. The van der Waals surface area contributed by atoms with Gasteiger partial charge < -0.3 is 94.8 Å². The van der Waals surface area contributed by atoms with E-state index in [0.29, 0.717) is 38.5 Å². The van der Waals surface area contributed by atoms with Crippen molar-refractivity contribution >= 4 is 0 Å². The van der Waals surface area contributed by atoms with Gasteiger partial charge in [0.25, 0.3) is 0 Å². The van der Waals surface area contributed by atoms with Crippen molar-refractivity contribution < 1.29 is 94.8 Å².